The molecule has 0 atom stereocenters. The van der Waals surface area contributed by atoms with E-state index in [1.165, 1.54) is 10.9 Å². The van der Waals surface area contributed by atoms with Gasteiger partial charge in [-0.25, -0.2) is 4.98 Å². The molecule has 3 heteroatoms. The van der Waals surface area contributed by atoms with E-state index in [-0.39, 0.29) is 0 Å². The largest absolute Gasteiger partial charge is 0.248 e. The van der Waals surface area contributed by atoms with E-state index < -0.39 is 0 Å². The Balaban J connectivity index is 2.20. The lowest BCUT2D eigenvalue weighted by molar-refractivity contribution is 1.36. The summed E-state index contributed by atoms with van der Waals surface area (Å²) in [4.78, 5) is 4.71. The van der Waals surface area contributed by atoms with E-state index in [1.54, 1.807) is 0 Å². The van der Waals surface area contributed by atoms with Crippen LogP contribution in [0.1, 0.15) is 5.56 Å². The van der Waals surface area contributed by atoms with Gasteiger partial charge >= 0.3 is 0 Å². The minimum absolute atomic E-state index is 0.741. The monoisotopic (exact) mass is 331 g/mol. The molecule has 0 saturated carbocycles. The van der Waals surface area contributed by atoms with Crippen LogP contribution in [0, 0.1) is 6.92 Å². The molecule has 1 heterocycles. The van der Waals surface area contributed by atoms with Gasteiger partial charge in [0.15, 0.2) is 0 Å². The van der Waals surface area contributed by atoms with Crippen molar-refractivity contribution in [2.24, 2.45) is 0 Å². The Morgan fingerprint density at radius 3 is 2.47 bits per heavy atom. The molecule has 0 radical (unpaired) electrons. The van der Waals surface area contributed by atoms with Crippen molar-refractivity contribution in [1.82, 2.24) is 4.98 Å². The summed E-state index contributed by atoms with van der Waals surface area (Å²) >= 11 is 9.41. The van der Waals surface area contributed by atoms with Crippen LogP contribution in [0.2, 0.25) is 5.02 Å². The maximum absolute atomic E-state index is 5.92. The molecule has 0 N–H and O–H groups in total. The van der Waals surface area contributed by atoms with Gasteiger partial charge in [-0.05, 0) is 48.9 Å². The van der Waals surface area contributed by atoms with Crippen molar-refractivity contribution < 1.29 is 0 Å². The quantitative estimate of drug-likeness (QED) is 0.563. The third-order valence-electron chi connectivity index (χ3n) is 3.12. The molecule has 0 bridgehead atoms. The molecule has 3 rings (SSSR count). The Hall–Kier alpha value is -1.38. The van der Waals surface area contributed by atoms with Crippen molar-refractivity contribution >= 4 is 38.4 Å². The first-order valence-electron chi connectivity index (χ1n) is 5.96. The van der Waals surface area contributed by atoms with Crippen LogP contribution in [0.3, 0.4) is 0 Å². The zero-order valence-electron chi connectivity index (χ0n) is 10.3. The summed E-state index contributed by atoms with van der Waals surface area (Å²) in [7, 11) is 0. The van der Waals surface area contributed by atoms with Crippen LogP contribution in [0.4, 0.5) is 0 Å². The summed E-state index contributed by atoms with van der Waals surface area (Å²) in [6, 6.07) is 16.0. The number of halogens is 2. The molecule has 0 fully saturated rings. The molecule has 0 saturated heterocycles. The number of nitrogens with zero attached hydrogens (tertiary/aromatic N) is 1. The van der Waals surface area contributed by atoms with Crippen molar-refractivity contribution in [2.75, 3.05) is 0 Å². The second-order valence-electron chi connectivity index (χ2n) is 4.49. The van der Waals surface area contributed by atoms with Gasteiger partial charge in [0, 0.05) is 20.4 Å². The summed E-state index contributed by atoms with van der Waals surface area (Å²) in [5.74, 6) is 0. The lowest BCUT2D eigenvalue weighted by Gasteiger charge is -2.07. The van der Waals surface area contributed by atoms with E-state index in [2.05, 4.69) is 35.0 Å². The molecule has 0 spiro atoms. The molecule has 0 amide bonds. The molecule has 0 aliphatic heterocycles. The van der Waals surface area contributed by atoms with Gasteiger partial charge in [-0.2, -0.15) is 0 Å². The predicted octanol–water partition coefficient (Wildman–Crippen LogP) is 5.63. The number of fused-ring (bicyclic) bond motifs is 1. The summed E-state index contributed by atoms with van der Waals surface area (Å²) in [5, 5.41) is 1.91. The maximum Gasteiger partial charge on any atom is 0.0712 e. The molecule has 0 aliphatic carbocycles. The molecule has 1 nitrogen and oxygen atoms in total. The fourth-order valence-corrected chi connectivity index (χ4v) is 2.62. The van der Waals surface area contributed by atoms with E-state index in [9.17, 15) is 0 Å². The Morgan fingerprint density at radius 1 is 1.00 bits per heavy atom. The van der Waals surface area contributed by atoms with Crippen LogP contribution in [-0.4, -0.2) is 4.98 Å². The zero-order chi connectivity index (χ0) is 13.4. The number of hydrogen-bond acceptors (Lipinski definition) is 1. The highest BCUT2D eigenvalue weighted by Gasteiger charge is 2.05. The average Bonchev–Trinajstić information content (AvgIpc) is 2.40. The molecule has 3 aromatic rings. The van der Waals surface area contributed by atoms with Gasteiger partial charge in [0.1, 0.15) is 0 Å². The van der Waals surface area contributed by atoms with Crippen LogP contribution in [-0.2, 0) is 0 Å². The van der Waals surface area contributed by atoms with Crippen molar-refractivity contribution in [3.05, 3.63) is 63.6 Å². The van der Waals surface area contributed by atoms with Crippen molar-refractivity contribution in [1.29, 1.82) is 0 Å². The van der Waals surface area contributed by atoms with Crippen LogP contribution in [0.15, 0.2) is 53.0 Å². The number of hydrogen-bond donors (Lipinski definition) is 0. The number of pyridine rings is 1. The van der Waals surface area contributed by atoms with Gasteiger partial charge in [0.05, 0.1) is 11.2 Å². The predicted molar refractivity (Wildman–Crippen MR) is 84.6 cm³/mol. The Kier molecular flexibility index (Phi) is 3.29. The van der Waals surface area contributed by atoms with Crippen molar-refractivity contribution in [2.45, 2.75) is 6.92 Å². The van der Waals surface area contributed by atoms with E-state index in [0.717, 1.165) is 26.3 Å². The second-order valence-corrected chi connectivity index (χ2v) is 5.84. The third-order valence-corrected chi connectivity index (χ3v) is 3.86. The summed E-state index contributed by atoms with van der Waals surface area (Å²) in [6.45, 7) is 2.11. The number of aromatic nitrogens is 1. The fraction of sp³-hybridized carbons (Fsp3) is 0.0625. The first-order chi connectivity index (χ1) is 9.13. The topological polar surface area (TPSA) is 12.9 Å². The zero-order valence-corrected chi connectivity index (χ0v) is 12.7. The van der Waals surface area contributed by atoms with Gasteiger partial charge in [0.2, 0.25) is 0 Å². The fourth-order valence-electron chi connectivity index (χ4n) is 2.14. The highest BCUT2D eigenvalue weighted by Crippen LogP contribution is 2.27. The van der Waals surface area contributed by atoms with Gasteiger partial charge in [0.25, 0.3) is 0 Å². The standard InChI is InChI=1S/C16H11BrClN/c1-10-8-16(11-2-5-13(18)6-3-11)19-15-7-4-12(17)9-14(10)15/h2-9H,1H3. The van der Waals surface area contributed by atoms with Crippen molar-refractivity contribution in [3.63, 3.8) is 0 Å². The van der Waals surface area contributed by atoms with Gasteiger partial charge in [-0.1, -0.05) is 39.7 Å². The van der Waals surface area contributed by atoms with Crippen LogP contribution in [0.25, 0.3) is 22.2 Å². The summed E-state index contributed by atoms with van der Waals surface area (Å²) in [6.07, 6.45) is 0. The molecule has 2 aromatic carbocycles. The normalized spacial score (nSPS) is 10.9. The van der Waals surface area contributed by atoms with E-state index in [1.807, 2.05) is 36.4 Å². The summed E-state index contributed by atoms with van der Waals surface area (Å²) < 4.78 is 1.07. The molecule has 94 valence electrons. The van der Waals surface area contributed by atoms with Crippen LogP contribution >= 0.6 is 27.5 Å². The van der Waals surface area contributed by atoms with Crippen molar-refractivity contribution in [3.8, 4) is 11.3 Å². The lowest BCUT2D eigenvalue weighted by Crippen LogP contribution is -1.88. The molecule has 0 aliphatic rings. The first kappa shape index (κ1) is 12.6. The number of rotatable bonds is 1. The highest BCUT2D eigenvalue weighted by molar-refractivity contribution is 9.10. The third kappa shape index (κ3) is 2.51. The molecule has 19 heavy (non-hydrogen) atoms. The SMILES string of the molecule is Cc1cc(-c2ccc(Cl)cc2)nc2ccc(Br)cc12. The second kappa shape index (κ2) is 4.95. The van der Waals surface area contributed by atoms with Gasteiger partial charge < -0.3 is 0 Å². The van der Waals surface area contributed by atoms with Gasteiger partial charge in [-0.15, -0.1) is 0 Å². The molecular formula is C16H11BrClN. The molecular weight excluding hydrogens is 322 g/mol. The highest BCUT2D eigenvalue weighted by atomic mass is 79.9. The average molecular weight is 333 g/mol. The van der Waals surface area contributed by atoms with E-state index in [4.69, 9.17) is 16.6 Å². The lowest BCUT2D eigenvalue weighted by atomic mass is 10.1. The Bertz CT molecular complexity index is 751. The maximum atomic E-state index is 5.92. The minimum Gasteiger partial charge on any atom is -0.248 e. The number of benzene rings is 2. The smallest absolute Gasteiger partial charge is 0.0712 e. The first-order valence-corrected chi connectivity index (χ1v) is 7.13. The van der Waals surface area contributed by atoms with Gasteiger partial charge in [-0.3, -0.25) is 0 Å². The van der Waals surface area contributed by atoms with Crippen LogP contribution in [0.5, 0.6) is 0 Å². The molecule has 0 unspecified atom stereocenters. The minimum atomic E-state index is 0.741. The Morgan fingerprint density at radius 2 is 1.74 bits per heavy atom. The number of aryl methyl sites for hydroxylation is 1. The van der Waals surface area contributed by atoms with Crippen LogP contribution < -0.4 is 0 Å². The Labute approximate surface area is 125 Å². The van der Waals surface area contributed by atoms with E-state index >= 15 is 0 Å². The van der Waals surface area contributed by atoms with E-state index in [0.29, 0.717) is 0 Å². The summed E-state index contributed by atoms with van der Waals surface area (Å²) in [5.41, 5.74) is 4.28. The molecule has 1 aromatic heterocycles.